The lowest BCUT2D eigenvalue weighted by atomic mass is 10.5. The van der Waals surface area contributed by atoms with Crippen molar-refractivity contribution in [3.8, 4) is 5.88 Å². The maximum absolute atomic E-state index is 5.08. The molecule has 0 bridgehead atoms. The molecular weight excluding hydrogens is 174 g/mol. The van der Waals surface area contributed by atoms with E-state index in [4.69, 9.17) is 4.74 Å². The van der Waals surface area contributed by atoms with Gasteiger partial charge in [0, 0.05) is 12.0 Å². The Balaban J connectivity index is 3.19. The van der Waals surface area contributed by atoms with Gasteiger partial charge in [0.1, 0.15) is 0 Å². The van der Waals surface area contributed by atoms with Crippen molar-refractivity contribution < 1.29 is 9.42 Å². The fraction of sp³-hybridized carbons (Fsp3) is 0.571. The molecule has 1 rings (SSSR count). The van der Waals surface area contributed by atoms with Gasteiger partial charge in [0.25, 0.3) is 16.7 Å². The lowest BCUT2D eigenvalue weighted by Crippen LogP contribution is -2.37. The van der Waals surface area contributed by atoms with E-state index >= 15 is 0 Å². The number of aromatic nitrogens is 3. The van der Waals surface area contributed by atoms with E-state index in [2.05, 4.69) is 10.1 Å². The van der Waals surface area contributed by atoms with Crippen LogP contribution in [-0.4, -0.2) is 23.4 Å². The second kappa shape index (κ2) is 3.71. The quantitative estimate of drug-likeness (QED) is 0.493. The molecule has 0 aromatic carbocycles. The summed E-state index contributed by atoms with van der Waals surface area (Å²) in [4.78, 5) is 4.18. The summed E-state index contributed by atoms with van der Waals surface area (Å²) in [6.07, 6.45) is 1.93. The van der Waals surface area contributed by atoms with Crippen LogP contribution in [0.4, 0.5) is 0 Å². The first-order valence-corrected chi connectivity index (χ1v) is 4.74. The normalized spacial score (nSPS) is 10.0. The highest BCUT2D eigenvalue weighted by Crippen LogP contribution is 2.13. The van der Waals surface area contributed by atoms with Crippen LogP contribution in [0.1, 0.15) is 5.69 Å². The number of methoxy groups -OCH3 is 1. The molecule has 0 saturated carbocycles. The highest BCUT2D eigenvalue weighted by Gasteiger charge is 2.14. The van der Waals surface area contributed by atoms with Crippen LogP contribution >= 0.6 is 11.8 Å². The second-order valence-electron chi connectivity index (χ2n) is 2.32. The number of ether oxygens (including phenoxy) is 1. The van der Waals surface area contributed by atoms with E-state index in [0.29, 0.717) is 5.88 Å². The molecule has 12 heavy (non-hydrogen) atoms. The van der Waals surface area contributed by atoms with Crippen LogP contribution in [0.3, 0.4) is 0 Å². The summed E-state index contributed by atoms with van der Waals surface area (Å²) in [6.45, 7) is 1.92. The van der Waals surface area contributed by atoms with Gasteiger partial charge in [-0.25, -0.2) is 0 Å². The lowest BCUT2D eigenvalue weighted by Gasteiger charge is -2.00. The molecule has 0 aliphatic carbocycles. The molecular formula is C7H12N3OS+. The number of hydrogen-bond donors (Lipinski definition) is 0. The Morgan fingerprint density at radius 3 is 2.67 bits per heavy atom. The molecule has 5 heteroatoms. The molecule has 1 aromatic rings. The van der Waals surface area contributed by atoms with Crippen molar-refractivity contribution in [2.24, 2.45) is 7.05 Å². The van der Waals surface area contributed by atoms with Gasteiger partial charge in [-0.1, -0.05) is 16.4 Å². The molecule has 0 unspecified atom stereocenters. The highest BCUT2D eigenvalue weighted by atomic mass is 32.2. The number of rotatable bonds is 2. The zero-order valence-corrected chi connectivity index (χ0v) is 8.47. The molecule has 0 aliphatic heterocycles. The third-order valence-electron chi connectivity index (χ3n) is 1.60. The van der Waals surface area contributed by atoms with Crippen molar-refractivity contribution in [1.82, 2.24) is 10.1 Å². The molecule has 0 atom stereocenters. The Hall–Kier alpha value is -0.840. The molecule has 0 saturated heterocycles. The van der Waals surface area contributed by atoms with E-state index in [1.165, 1.54) is 11.8 Å². The van der Waals surface area contributed by atoms with Crippen molar-refractivity contribution in [2.45, 2.75) is 12.1 Å². The highest BCUT2D eigenvalue weighted by molar-refractivity contribution is 7.98. The summed E-state index contributed by atoms with van der Waals surface area (Å²) < 4.78 is 6.84. The van der Waals surface area contributed by atoms with Crippen LogP contribution in [0.2, 0.25) is 0 Å². The average Bonchev–Trinajstić information content (AvgIpc) is 2.09. The second-order valence-corrected chi connectivity index (χ2v) is 3.09. The van der Waals surface area contributed by atoms with Gasteiger partial charge in [-0.15, -0.1) is 0 Å². The van der Waals surface area contributed by atoms with Crippen molar-refractivity contribution in [3.05, 3.63) is 5.69 Å². The van der Waals surface area contributed by atoms with Gasteiger partial charge in [0.15, 0.2) is 7.05 Å². The summed E-state index contributed by atoms with van der Waals surface area (Å²) in [5, 5.41) is 4.91. The predicted molar refractivity (Wildman–Crippen MR) is 46.3 cm³/mol. The molecule has 0 spiro atoms. The molecule has 0 N–H and O–H groups in total. The summed E-state index contributed by atoms with van der Waals surface area (Å²) in [6, 6.07) is 0. The van der Waals surface area contributed by atoms with E-state index in [1.54, 1.807) is 11.8 Å². The average molecular weight is 186 g/mol. The van der Waals surface area contributed by atoms with E-state index in [-0.39, 0.29) is 0 Å². The van der Waals surface area contributed by atoms with Gasteiger partial charge >= 0.3 is 0 Å². The third-order valence-corrected chi connectivity index (χ3v) is 2.14. The molecule has 1 heterocycles. The van der Waals surface area contributed by atoms with E-state index in [0.717, 1.165) is 10.9 Å². The Labute approximate surface area is 76.0 Å². The van der Waals surface area contributed by atoms with Crippen LogP contribution < -0.4 is 9.42 Å². The Bertz CT molecular complexity index is 290. The van der Waals surface area contributed by atoms with Crippen LogP contribution in [0.25, 0.3) is 0 Å². The van der Waals surface area contributed by atoms with Crippen LogP contribution in [-0.2, 0) is 7.05 Å². The van der Waals surface area contributed by atoms with Crippen LogP contribution in [0, 0.1) is 6.92 Å². The minimum Gasteiger partial charge on any atom is -0.476 e. The monoisotopic (exact) mass is 186 g/mol. The molecule has 1 aromatic heterocycles. The standard InChI is InChI=1S/C7H12N3OS/c1-5-6(11-3)8-7(12-4)9-10(5)2/h1-4H3/q+1. The van der Waals surface area contributed by atoms with Gasteiger partial charge in [-0.2, -0.15) is 4.98 Å². The van der Waals surface area contributed by atoms with E-state index in [9.17, 15) is 0 Å². The zero-order chi connectivity index (χ0) is 9.14. The summed E-state index contributed by atoms with van der Waals surface area (Å²) in [5.41, 5.74) is 0.926. The van der Waals surface area contributed by atoms with Crippen molar-refractivity contribution in [2.75, 3.05) is 13.4 Å². The molecule has 66 valence electrons. The Morgan fingerprint density at radius 2 is 2.17 bits per heavy atom. The summed E-state index contributed by atoms with van der Waals surface area (Å²) in [5.74, 6) is 0.636. The third kappa shape index (κ3) is 1.66. The van der Waals surface area contributed by atoms with Crippen molar-refractivity contribution >= 4 is 11.8 Å². The minimum absolute atomic E-state index is 0.636. The van der Waals surface area contributed by atoms with Gasteiger partial charge in [0.05, 0.1) is 7.11 Å². The van der Waals surface area contributed by atoms with Crippen molar-refractivity contribution in [3.63, 3.8) is 0 Å². The Kier molecular flexibility index (Phi) is 2.86. The fourth-order valence-corrected chi connectivity index (χ4v) is 1.19. The van der Waals surface area contributed by atoms with Gasteiger partial charge in [-0.05, 0) is 6.26 Å². The maximum atomic E-state index is 5.08. The number of nitrogens with zero attached hydrogens (tertiary/aromatic N) is 3. The predicted octanol–water partition coefficient (Wildman–Crippen LogP) is 0.340. The minimum atomic E-state index is 0.636. The summed E-state index contributed by atoms with van der Waals surface area (Å²) in [7, 11) is 3.48. The topological polar surface area (TPSA) is 38.9 Å². The largest absolute Gasteiger partial charge is 0.476 e. The van der Waals surface area contributed by atoms with Crippen molar-refractivity contribution in [1.29, 1.82) is 0 Å². The fourth-order valence-electron chi connectivity index (χ4n) is 0.812. The molecule has 0 fully saturated rings. The molecule has 4 nitrogen and oxygen atoms in total. The van der Waals surface area contributed by atoms with Gasteiger partial charge in [0.2, 0.25) is 0 Å². The van der Waals surface area contributed by atoms with Gasteiger partial charge in [-0.3, -0.25) is 0 Å². The number of thioether (sulfide) groups is 1. The SMILES string of the molecule is COc1nc(SC)n[n+](C)c1C. The van der Waals surface area contributed by atoms with E-state index < -0.39 is 0 Å². The first-order chi connectivity index (χ1) is 5.69. The number of hydrogen-bond acceptors (Lipinski definition) is 4. The molecule has 0 radical (unpaired) electrons. The lowest BCUT2D eigenvalue weighted by molar-refractivity contribution is -0.740. The van der Waals surface area contributed by atoms with Crippen LogP contribution in [0.5, 0.6) is 5.88 Å². The van der Waals surface area contributed by atoms with E-state index in [1.807, 2.05) is 20.2 Å². The molecule has 0 amide bonds. The molecule has 0 aliphatic rings. The first-order valence-electron chi connectivity index (χ1n) is 3.52. The first kappa shape index (κ1) is 9.25. The smallest absolute Gasteiger partial charge is 0.287 e. The van der Waals surface area contributed by atoms with Gasteiger partial charge < -0.3 is 4.74 Å². The zero-order valence-electron chi connectivity index (χ0n) is 7.66. The number of aryl methyl sites for hydroxylation is 1. The Morgan fingerprint density at radius 1 is 1.50 bits per heavy atom. The van der Waals surface area contributed by atoms with Crippen LogP contribution in [0.15, 0.2) is 5.16 Å². The maximum Gasteiger partial charge on any atom is 0.287 e. The summed E-state index contributed by atoms with van der Waals surface area (Å²) >= 11 is 1.50.